The van der Waals surface area contributed by atoms with Crippen LogP contribution in [0.25, 0.3) is 0 Å². The molecule has 1 aliphatic heterocycles. The highest BCUT2D eigenvalue weighted by Gasteiger charge is 2.32. The van der Waals surface area contributed by atoms with Gasteiger partial charge in [-0.25, -0.2) is 4.39 Å². The van der Waals surface area contributed by atoms with Crippen LogP contribution < -0.4 is 16.0 Å². The first kappa shape index (κ1) is 13.7. The minimum atomic E-state index is -0.451. The van der Waals surface area contributed by atoms with Crippen molar-refractivity contribution in [1.29, 1.82) is 0 Å². The Morgan fingerprint density at radius 3 is 2.95 bits per heavy atom. The lowest BCUT2D eigenvalue weighted by Gasteiger charge is -2.27. The Kier molecular flexibility index (Phi) is 3.99. The van der Waals surface area contributed by atoms with Gasteiger partial charge in [-0.1, -0.05) is 18.3 Å². The number of benzene rings is 1. The zero-order valence-electron chi connectivity index (χ0n) is 10.6. The number of carbonyl (C=O) groups is 1. The topological polar surface area (TPSA) is 58.4 Å². The summed E-state index contributed by atoms with van der Waals surface area (Å²) in [4.78, 5) is 13.7. The molecule has 0 aromatic heterocycles. The van der Waals surface area contributed by atoms with Crippen molar-refractivity contribution < 1.29 is 9.18 Å². The van der Waals surface area contributed by atoms with Gasteiger partial charge < -0.3 is 16.0 Å². The van der Waals surface area contributed by atoms with Gasteiger partial charge in [0.25, 0.3) is 0 Å². The molecule has 0 spiro atoms. The number of likely N-dealkylation sites (N-methyl/N-ethyl adjacent to an activating group) is 1. The Balaban J connectivity index is 2.44. The first-order chi connectivity index (χ1) is 9.06. The number of hydrogen-bond acceptors (Lipinski definition) is 3. The molecular weight excluding hydrogens is 265 g/mol. The largest absolute Gasteiger partial charge is 0.389 e. The van der Waals surface area contributed by atoms with Gasteiger partial charge in [0.15, 0.2) is 0 Å². The standard InChI is InChI=1S/C13H16FN3OS/c1-16-13(18)10-6-3-7-17(10)9-5-2-4-8(14)11(9)12(15)19/h2,4-5,10H,3,6-7H2,1H3,(H2,15,19)(H,16,18). The quantitative estimate of drug-likeness (QED) is 0.817. The summed E-state index contributed by atoms with van der Waals surface area (Å²) >= 11 is 4.92. The lowest BCUT2D eigenvalue weighted by molar-refractivity contribution is -0.121. The number of halogens is 1. The molecule has 1 aromatic carbocycles. The van der Waals surface area contributed by atoms with Gasteiger partial charge in [-0.15, -0.1) is 0 Å². The molecule has 1 saturated heterocycles. The van der Waals surface area contributed by atoms with Crippen LogP contribution in [0, 0.1) is 5.82 Å². The monoisotopic (exact) mass is 281 g/mol. The lowest BCUT2D eigenvalue weighted by atomic mass is 10.1. The van der Waals surface area contributed by atoms with E-state index in [4.69, 9.17) is 18.0 Å². The van der Waals surface area contributed by atoms with Crippen LogP contribution in [-0.4, -0.2) is 30.5 Å². The molecule has 1 fully saturated rings. The van der Waals surface area contributed by atoms with Crippen LogP contribution in [-0.2, 0) is 4.79 Å². The molecule has 6 heteroatoms. The molecule has 1 atom stereocenters. The fraction of sp³-hybridized carbons (Fsp3) is 0.385. The highest BCUT2D eigenvalue weighted by atomic mass is 32.1. The molecule has 1 unspecified atom stereocenters. The summed E-state index contributed by atoms with van der Waals surface area (Å²) in [6, 6.07) is 4.38. The van der Waals surface area contributed by atoms with E-state index in [-0.39, 0.29) is 22.5 Å². The number of carbonyl (C=O) groups excluding carboxylic acids is 1. The van der Waals surface area contributed by atoms with Crippen molar-refractivity contribution in [2.75, 3.05) is 18.5 Å². The molecule has 1 amide bonds. The third-order valence-corrected chi connectivity index (χ3v) is 3.55. The van der Waals surface area contributed by atoms with Crippen LogP contribution >= 0.6 is 12.2 Å². The van der Waals surface area contributed by atoms with Gasteiger partial charge in [0.05, 0.1) is 11.3 Å². The molecule has 3 N–H and O–H groups in total. The van der Waals surface area contributed by atoms with Crippen molar-refractivity contribution in [3.63, 3.8) is 0 Å². The molecular formula is C13H16FN3OS. The van der Waals surface area contributed by atoms with E-state index in [1.165, 1.54) is 6.07 Å². The molecule has 19 heavy (non-hydrogen) atoms. The fourth-order valence-electron chi connectivity index (χ4n) is 2.49. The summed E-state index contributed by atoms with van der Waals surface area (Å²) in [5.41, 5.74) is 6.41. The van der Waals surface area contributed by atoms with Gasteiger partial charge in [-0.05, 0) is 25.0 Å². The maximum Gasteiger partial charge on any atom is 0.242 e. The SMILES string of the molecule is CNC(=O)C1CCCN1c1cccc(F)c1C(N)=S. The smallest absolute Gasteiger partial charge is 0.242 e. The van der Waals surface area contributed by atoms with Crippen LogP contribution in [0.1, 0.15) is 18.4 Å². The lowest BCUT2D eigenvalue weighted by Crippen LogP contribution is -2.42. The summed E-state index contributed by atoms with van der Waals surface area (Å²) in [6.45, 7) is 0.692. The maximum atomic E-state index is 13.9. The second-order valence-corrected chi connectivity index (χ2v) is 4.90. The number of thiocarbonyl (C=S) groups is 1. The maximum absolute atomic E-state index is 13.9. The third-order valence-electron chi connectivity index (χ3n) is 3.35. The molecule has 1 heterocycles. The van der Waals surface area contributed by atoms with Crippen LogP contribution in [0.4, 0.5) is 10.1 Å². The average Bonchev–Trinajstić information content (AvgIpc) is 2.86. The minimum absolute atomic E-state index is 0.00987. The van der Waals surface area contributed by atoms with Crippen LogP contribution in [0.15, 0.2) is 18.2 Å². The van der Waals surface area contributed by atoms with E-state index in [1.807, 2.05) is 4.90 Å². The van der Waals surface area contributed by atoms with Crippen LogP contribution in [0.5, 0.6) is 0 Å². The van der Waals surface area contributed by atoms with Gasteiger partial charge in [-0.3, -0.25) is 4.79 Å². The van der Waals surface area contributed by atoms with E-state index < -0.39 is 5.82 Å². The van der Waals surface area contributed by atoms with E-state index in [2.05, 4.69) is 5.32 Å². The van der Waals surface area contributed by atoms with Gasteiger partial charge in [-0.2, -0.15) is 0 Å². The molecule has 1 aliphatic rings. The first-order valence-electron chi connectivity index (χ1n) is 6.12. The Morgan fingerprint density at radius 2 is 2.32 bits per heavy atom. The van der Waals surface area contributed by atoms with Crippen molar-refractivity contribution >= 4 is 28.8 Å². The van der Waals surface area contributed by atoms with E-state index in [0.29, 0.717) is 12.2 Å². The van der Waals surface area contributed by atoms with Gasteiger partial charge in [0.1, 0.15) is 16.8 Å². The normalized spacial score (nSPS) is 18.4. The van der Waals surface area contributed by atoms with Gasteiger partial charge in [0, 0.05) is 13.6 Å². The Labute approximate surface area is 116 Å². The van der Waals surface area contributed by atoms with E-state index in [1.54, 1.807) is 19.2 Å². The molecule has 102 valence electrons. The van der Waals surface area contributed by atoms with Crippen LogP contribution in [0.3, 0.4) is 0 Å². The van der Waals surface area contributed by atoms with Crippen molar-refractivity contribution in [3.05, 3.63) is 29.6 Å². The molecule has 2 rings (SSSR count). The third kappa shape index (κ3) is 2.53. The highest BCUT2D eigenvalue weighted by Crippen LogP contribution is 2.30. The summed E-state index contributed by atoms with van der Waals surface area (Å²) in [6.07, 6.45) is 1.62. The fourth-order valence-corrected chi connectivity index (χ4v) is 2.69. The molecule has 1 aromatic rings. The number of anilines is 1. The van der Waals surface area contributed by atoms with E-state index in [0.717, 1.165) is 12.8 Å². The Morgan fingerprint density at radius 1 is 1.58 bits per heavy atom. The summed E-state index contributed by atoms with van der Waals surface area (Å²) in [7, 11) is 1.60. The van der Waals surface area contributed by atoms with Crippen molar-refractivity contribution in [2.24, 2.45) is 5.73 Å². The second kappa shape index (κ2) is 5.52. The van der Waals surface area contributed by atoms with Gasteiger partial charge in [0.2, 0.25) is 5.91 Å². The molecule has 0 radical (unpaired) electrons. The predicted octanol–water partition coefficient (Wildman–Crippen LogP) is 1.17. The summed E-state index contributed by atoms with van der Waals surface area (Å²) in [5, 5.41) is 2.63. The zero-order chi connectivity index (χ0) is 14.0. The average molecular weight is 281 g/mol. The Hall–Kier alpha value is -1.69. The van der Waals surface area contributed by atoms with Gasteiger partial charge >= 0.3 is 0 Å². The summed E-state index contributed by atoms with van der Waals surface area (Å²) in [5.74, 6) is -0.525. The first-order valence-corrected chi connectivity index (χ1v) is 6.53. The number of nitrogens with one attached hydrogen (secondary N) is 1. The molecule has 0 aliphatic carbocycles. The van der Waals surface area contributed by atoms with E-state index >= 15 is 0 Å². The molecule has 4 nitrogen and oxygen atoms in total. The number of rotatable bonds is 3. The van der Waals surface area contributed by atoms with Crippen LogP contribution in [0.2, 0.25) is 0 Å². The zero-order valence-corrected chi connectivity index (χ0v) is 11.5. The number of hydrogen-bond donors (Lipinski definition) is 2. The van der Waals surface area contributed by atoms with Crippen molar-refractivity contribution in [2.45, 2.75) is 18.9 Å². The minimum Gasteiger partial charge on any atom is -0.389 e. The number of amides is 1. The summed E-state index contributed by atoms with van der Waals surface area (Å²) < 4.78 is 13.9. The second-order valence-electron chi connectivity index (χ2n) is 4.46. The molecule has 0 bridgehead atoms. The highest BCUT2D eigenvalue weighted by molar-refractivity contribution is 7.80. The molecule has 0 saturated carbocycles. The Bertz CT molecular complexity index is 521. The van der Waals surface area contributed by atoms with E-state index in [9.17, 15) is 9.18 Å². The number of nitrogens with zero attached hydrogens (tertiary/aromatic N) is 1. The number of nitrogens with two attached hydrogens (primary N) is 1. The predicted molar refractivity (Wildman–Crippen MR) is 76.7 cm³/mol. The van der Waals surface area contributed by atoms with Crippen molar-refractivity contribution in [1.82, 2.24) is 5.32 Å². The van der Waals surface area contributed by atoms with Crippen molar-refractivity contribution in [3.8, 4) is 0 Å².